The first-order valence-electron chi connectivity index (χ1n) is 8.10. The van der Waals surface area contributed by atoms with Gasteiger partial charge in [0.1, 0.15) is 11.4 Å². The summed E-state index contributed by atoms with van der Waals surface area (Å²) in [6.07, 6.45) is 0.587. The third-order valence-corrected chi connectivity index (χ3v) is 3.90. The minimum Gasteiger partial charge on any atom is -0.497 e. The van der Waals surface area contributed by atoms with Gasteiger partial charge in [-0.1, -0.05) is 12.1 Å². The number of hydrogen-bond acceptors (Lipinski definition) is 5. The Morgan fingerprint density at radius 2 is 1.85 bits per heavy atom. The fourth-order valence-electron chi connectivity index (χ4n) is 2.31. The van der Waals surface area contributed by atoms with Crippen molar-refractivity contribution < 1.29 is 23.9 Å². The van der Waals surface area contributed by atoms with Crippen molar-refractivity contribution in [2.24, 2.45) is 7.05 Å². The van der Waals surface area contributed by atoms with Gasteiger partial charge in [-0.15, -0.1) is 0 Å². The summed E-state index contributed by atoms with van der Waals surface area (Å²) in [5.41, 5.74) is 1.52. The summed E-state index contributed by atoms with van der Waals surface area (Å²) in [4.78, 5) is 35.7. The number of aryl methyl sites for hydroxylation is 1. The standard InChI is InChI=1S/C19H22N2O5/c1-12(22)15-9-17(21(3)11-15)19(24)26-13(2)18(23)20-10-14-5-7-16(25-4)8-6-14/h5-9,11,13H,10H2,1-4H3,(H,20,23)/t13-/m1/s1. The number of hydrogen-bond donors (Lipinski definition) is 1. The normalized spacial score (nSPS) is 11.5. The Morgan fingerprint density at radius 3 is 2.38 bits per heavy atom. The zero-order chi connectivity index (χ0) is 19.3. The molecule has 1 N–H and O–H groups in total. The molecular weight excluding hydrogens is 336 g/mol. The van der Waals surface area contributed by atoms with E-state index in [1.165, 1.54) is 24.5 Å². The van der Waals surface area contributed by atoms with Crippen LogP contribution in [0.15, 0.2) is 36.5 Å². The number of nitrogens with one attached hydrogen (secondary N) is 1. The van der Waals surface area contributed by atoms with Gasteiger partial charge in [0.2, 0.25) is 0 Å². The monoisotopic (exact) mass is 358 g/mol. The molecule has 2 aromatic rings. The van der Waals surface area contributed by atoms with Gasteiger partial charge in [-0.05, 0) is 37.6 Å². The molecule has 1 atom stereocenters. The molecule has 2 rings (SSSR count). The smallest absolute Gasteiger partial charge is 0.355 e. The summed E-state index contributed by atoms with van der Waals surface area (Å²) in [5.74, 6) is -0.484. The van der Waals surface area contributed by atoms with E-state index < -0.39 is 18.0 Å². The van der Waals surface area contributed by atoms with Gasteiger partial charge < -0.3 is 19.4 Å². The van der Waals surface area contributed by atoms with Crippen molar-refractivity contribution in [3.63, 3.8) is 0 Å². The van der Waals surface area contributed by atoms with Crippen LogP contribution in [0.5, 0.6) is 5.75 Å². The molecule has 0 aliphatic heterocycles. The molecule has 138 valence electrons. The van der Waals surface area contributed by atoms with E-state index in [0.29, 0.717) is 12.1 Å². The SMILES string of the molecule is COc1ccc(CNC(=O)[C@@H](C)OC(=O)c2cc(C(C)=O)cn2C)cc1. The van der Waals surface area contributed by atoms with Crippen LogP contribution in [0.1, 0.15) is 40.3 Å². The second kappa shape index (κ2) is 8.33. The highest BCUT2D eigenvalue weighted by molar-refractivity contribution is 5.98. The largest absolute Gasteiger partial charge is 0.497 e. The highest BCUT2D eigenvalue weighted by atomic mass is 16.5. The third kappa shape index (κ3) is 4.72. The Balaban J connectivity index is 1.91. The number of Topliss-reactive ketones (excluding diaryl/α,β-unsaturated/α-hetero) is 1. The van der Waals surface area contributed by atoms with Gasteiger partial charge in [0, 0.05) is 25.4 Å². The van der Waals surface area contributed by atoms with Gasteiger partial charge in [0.25, 0.3) is 5.91 Å². The van der Waals surface area contributed by atoms with Gasteiger partial charge in [0.05, 0.1) is 7.11 Å². The Morgan fingerprint density at radius 1 is 1.19 bits per heavy atom. The number of esters is 1. The van der Waals surface area contributed by atoms with Gasteiger partial charge in [-0.2, -0.15) is 0 Å². The molecule has 1 amide bonds. The topological polar surface area (TPSA) is 86.6 Å². The maximum Gasteiger partial charge on any atom is 0.355 e. The van der Waals surface area contributed by atoms with Crippen molar-refractivity contribution in [2.75, 3.05) is 7.11 Å². The number of benzene rings is 1. The summed E-state index contributed by atoms with van der Waals surface area (Å²) < 4.78 is 11.8. The number of carbonyl (C=O) groups is 3. The van der Waals surface area contributed by atoms with Crippen LogP contribution in [0.2, 0.25) is 0 Å². The van der Waals surface area contributed by atoms with E-state index in [0.717, 1.165) is 11.3 Å². The van der Waals surface area contributed by atoms with Crippen molar-refractivity contribution in [3.05, 3.63) is 53.3 Å². The first-order chi connectivity index (χ1) is 12.3. The summed E-state index contributed by atoms with van der Waals surface area (Å²) in [5, 5.41) is 2.71. The Labute approximate surface area is 151 Å². The van der Waals surface area contributed by atoms with Crippen molar-refractivity contribution in [3.8, 4) is 5.75 Å². The van der Waals surface area contributed by atoms with Crippen molar-refractivity contribution >= 4 is 17.7 Å². The lowest BCUT2D eigenvalue weighted by Crippen LogP contribution is -2.35. The summed E-state index contributed by atoms with van der Waals surface area (Å²) in [6.45, 7) is 3.22. The highest BCUT2D eigenvalue weighted by Crippen LogP contribution is 2.12. The number of aromatic nitrogens is 1. The Bertz CT molecular complexity index is 808. The minimum absolute atomic E-state index is 0.148. The van der Waals surface area contributed by atoms with Crippen LogP contribution >= 0.6 is 0 Å². The fourth-order valence-corrected chi connectivity index (χ4v) is 2.31. The van der Waals surface area contributed by atoms with E-state index in [4.69, 9.17) is 9.47 Å². The number of amides is 1. The molecule has 1 heterocycles. The van der Waals surface area contributed by atoms with Crippen LogP contribution in [0.4, 0.5) is 0 Å². The number of ether oxygens (including phenoxy) is 2. The van der Waals surface area contributed by atoms with Crippen LogP contribution < -0.4 is 10.1 Å². The maximum atomic E-state index is 12.2. The average Bonchev–Trinajstić information content (AvgIpc) is 3.02. The lowest BCUT2D eigenvalue weighted by molar-refractivity contribution is -0.129. The quantitative estimate of drug-likeness (QED) is 0.605. The van der Waals surface area contributed by atoms with Crippen LogP contribution in [0.25, 0.3) is 0 Å². The number of methoxy groups -OCH3 is 1. The lowest BCUT2D eigenvalue weighted by atomic mass is 10.2. The first-order valence-corrected chi connectivity index (χ1v) is 8.10. The molecule has 0 saturated heterocycles. The molecule has 0 spiro atoms. The molecule has 1 aromatic carbocycles. The average molecular weight is 358 g/mol. The number of ketones is 1. The number of rotatable bonds is 7. The van der Waals surface area contributed by atoms with Crippen LogP contribution in [0.3, 0.4) is 0 Å². The van der Waals surface area contributed by atoms with E-state index in [-0.39, 0.29) is 11.5 Å². The zero-order valence-corrected chi connectivity index (χ0v) is 15.2. The summed E-state index contributed by atoms with van der Waals surface area (Å²) in [6, 6.07) is 8.72. The van der Waals surface area contributed by atoms with E-state index in [2.05, 4.69) is 5.32 Å². The molecule has 1 aromatic heterocycles. The molecule has 0 aliphatic carbocycles. The Hall–Kier alpha value is -3.09. The number of carbonyl (C=O) groups excluding carboxylic acids is 3. The number of nitrogens with zero attached hydrogens (tertiary/aromatic N) is 1. The summed E-state index contributed by atoms with van der Waals surface area (Å²) in [7, 11) is 3.22. The van der Waals surface area contributed by atoms with E-state index in [9.17, 15) is 14.4 Å². The highest BCUT2D eigenvalue weighted by Gasteiger charge is 2.21. The summed E-state index contributed by atoms with van der Waals surface area (Å²) >= 11 is 0. The molecule has 7 nitrogen and oxygen atoms in total. The minimum atomic E-state index is -0.962. The molecule has 26 heavy (non-hydrogen) atoms. The van der Waals surface area contributed by atoms with E-state index >= 15 is 0 Å². The van der Waals surface area contributed by atoms with Crippen molar-refractivity contribution in [1.29, 1.82) is 0 Å². The molecule has 0 bridgehead atoms. The van der Waals surface area contributed by atoms with Crippen LogP contribution in [-0.4, -0.2) is 35.4 Å². The van der Waals surface area contributed by atoms with Gasteiger partial charge >= 0.3 is 5.97 Å². The second-order valence-corrected chi connectivity index (χ2v) is 5.89. The first kappa shape index (κ1) is 19.2. The predicted octanol–water partition coefficient (Wildman–Crippen LogP) is 2.10. The van der Waals surface area contributed by atoms with Gasteiger partial charge in [-0.3, -0.25) is 9.59 Å². The second-order valence-electron chi connectivity index (χ2n) is 5.89. The molecule has 0 fully saturated rings. The molecule has 0 saturated carbocycles. The van der Waals surface area contributed by atoms with Crippen molar-refractivity contribution in [1.82, 2.24) is 9.88 Å². The predicted molar refractivity (Wildman–Crippen MR) is 95.1 cm³/mol. The third-order valence-electron chi connectivity index (χ3n) is 3.90. The Kier molecular flexibility index (Phi) is 6.16. The molecule has 0 radical (unpaired) electrons. The van der Waals surface area contributed by atoms with Crippen LogP contribution in [-0.2, 0) is 23.1 Å². The molecule has 0 aliphatic rings. The zero-order valence-electron chi connectivity index (χ0n) is 15.2. The maximum absolute atomic E-state index is 12.2. The fraction of sp³-hybridized carbons (Fsp3) is 0.316. The van der Waals surface area contributed by atoms with Crippen molar-refractivity contribution in [2.45, 2.75) is 26.5 Å². The molecular formula is C19H22N2O5. The van der Waals surface area contributed by atoms with Crippen LogP contribution in [0, 0.1) is 0 Å². The molecule has 7 heteroatoms. The van der Waals surface area contributed by atoms with Gasteiger partial charge in [-0.25, -0.2) is 4.79 Å². The van der Waals surface area contributed by atoms with E-state index in [1.54, 1.807) is 32.5 Å². The lowest BCUT2D eigenvalue weighted by Gasteiger charge is -2.14. The van der Waals surface area contributed by atoms with E-state index in [1.807, 2.05) is 12.1 Å². The van der Waals surface area contributed by atoms with Gasteiger partial charge in [0.15, 0.2) is 11.9 Å². The molecule has 0 unspecified atom stereocenters.